The Bertz CT molecular complexity index is 668. The minimum absolute atomic E-state index is 0.198. The van der Waals surface area contributed by atoms with Crippen molar-refractivity contribution in [3.63, 3.8) is 0 Å². The number of allylic oxidation sites excluding steroid dienone is 2. The molecule has 0 unspecified atom stereocenters. The maximum atomic E-state index is 12.6. The van der Waals surface area contributed by atoms with Crippen molar-refractivity contribution in [1.82, 2.24) is 9.13 Å². The maximum Gasteiger partial charge on any atom is 0.185 e. The zero-order chi connectivity index (χ0) is 14.8. The van der Waals surface area contributed by atoms with Crippen LogP contribution in [0.15, 0.2) is 47.8 Å². The second-order valence-corrected chi connectivity index (χ2v) is 5.61. The number of aryl methyl sites for hydroxylation is 2. The van der Waals surface area contributed by atoms with E-state index in [-0.39, 0.29) is 5.78 Å². The molecule has 3 heteroatoms. The van der Waals surface area contributed by atoms with Crippen molar-refractivity contribution >= 4 is 17.9 Å². The molecule has 0 saturated heterocycles. The van der Waals surface area contributed by atoms with Gasteiger partial charge in [-0.2, -0.15) is 0 Å². The van der Waals surface area contributed by atoms with E-state index in [1.165, 1.54) is 0 Å². The molecule has 0 aromatic carbocycles. The first-order valence-electron chi connectivity index (χ1n) is 7.33. The standard InChI is InChI=1S/C18H20N2O/c1-19-10-4-8-16(19)12-14-6-3-7-15(18(14)21)13-17-9-5-11-20(17)2/h4-5,8-13H,3,6-7H2,1-2H3/b14-12-,15-13-. The molecule has 1 saturated carbocycles. The van der Waals surface area contributed by atoms with Crippen LogP contribution in [-0.4, -0.2) is 14.9 Å². The van der Waals surface area contributed by atoms with Gasteiger partial charge in [0, 0.05) is 49.0 Å². The highest BCUT2D eigenvalue weighted by atomic mass is 16.1. The Balaban J connectivity index is 1.91. The average Bonchev–Trinajstić information content (AvgIpc) is 3.04. The summed E-state index contributed by atoms with van der Waals surface area (Å²) in [6.07, 6.45) is 10.8. The van der Waals surface area contributed by atoms with Gasteiger partial charge in [0.05, 0.1) is 0 Å². The number of aromatic nitrogens is 2. The van der Waals surface area contributed by atoms with E-state index in [4.69, 9.17) is 0 Å². The van der Waals surface area contributed by atoms with Gasteiger partial charge in [0.15, 0.2) is 5.78 Å². The van der Waals surface area contributed by atoms with E-state index >= 15 is 0 Å². The first-order valence-corrected chi connectivity index (χ1v) is 7.33. The first-order chi connectivity index (χ1) is 10.1. The first kappa shape index (κ1) is 13.7. The quantitative estimate of drug-likeness (QED) is 0.772. The molecule has 3 nitrogen and oxygen atoms in total. The molecule has 3 rings (SSSR count). The molecule has 1 fully saturated rings. The van der Waals surface area contributed by atoms with Gasteiger partial charge in [-0.25, -0.2) is 0 Å². The monoisotopic (exact) mass is 280 g/mol. The molecule has 0 aliphatic heterocycles. The molecule has 0 spiro atoms. The van der Waals surface area contributed by atoms with Crippen molar-refractivity contribution in [2.24, 2.45) is 14.1 Å². The third-order valence-electron chi connectivity index (χ3n) is 4.09. The molecule has 0 bridgehead atoms. The van der Waals surface area contributed by atoms with E-state index in [1.807, 2.05) is 72.0 Å². The summed E-state index contributed by atoms with van der Waals surface area (Å²) in [7, 11) is 4.00. The number of Topliss-reactive ketones (excluding diaryl/α,β-unsaturated/α-hetero) is 1. The summed E-state index contributed by atoms with van der Waals surface area (Å²) >= 11 is 0. The lowest BCUT2D eigenvalue weighted by molar-refractivity contribution is -0.112. The number of rotatable bonds is 2. The van der Waals surface area contributed by atoms with Gasteiger partial charge < -0.3 is 9.13 Å². The van der Waals surface area contributed by atoms with E-state index in [0.717, 1.165) is 41.8 Å². The molecule has 0 N–H and O–H groups in total. The molecular weight excluding hydrogens is 260 g/mol. The number of carbonyl (C=O) groups excluding carboxylic acids is 1. The van der Waals surface area contributed by atoms with Crippen molar-refractivity contribution in [3.8, 4) is 0 Å². The number of carbonyl (C=O) groups is 1. The number of nitrogens with zero attached hydrogens (tertiary/aromatic N) is 2. The van der Waals surface area contributed by atoms with Crippen molar-refractivity contribution < 1.29 is 4.79 Å². The molecular formula is C18H20N2O. The van der Waals surface area contributed by atoms with Crippen LogP contribution in [-0.2, 0) is 18.9 Å². The van der Waals surface area contributed by atoms with Crippen LogP contribution in [0.4, 0.5) is 0 Å². The molecule has 2 heterocycles. The van der Waals surface area contributed by atoms with E-state index in [0.29, 0.717) is 0 Å². The highest BCUT2D eigenvalue weighted by molar-refractivity contribution is 6.13. The lowest BCUT2D eigenvalue weighted by atomic mass is 9.88. The predicted molar refractivity (Wildman–Crippen MR) is 85.6 cm³/mol. The van der Waals surface area contributed by atoms with Crippen LogP contribution in [0.5, 0.6) is 0 Å². The minimum atomic E-state index is 0.198. The molecule has 2 aromatic rings. The van der Waals surface area contributed by atoms with Crippen molar-refractivity contribution in [2.75, 3.05) is 0 Å². The second kappa shape index (κ2) is 5.60. The fourth-order valence-electron chi connectivity index (χ4n) is 2.78. The molecule has 1 aliphatic carbocycles. The molecule has 21 heavy (non-hydrogen) atoms. The second-order valence-electron chi connectivity index (χ2n) is 5.61. The summed E-state index contributed by atoms with van der Waals surface area (Å²) in [4.78, 5) is 12.6. The predicted octanol–water partition coefficient (Wildman–Crippen LogP) is 3.58. The zero-order valence-electron chi connectivity index (χ0n) is 12.5. The normalized spacial score (nSPS) is 19.6. The van der Waals surface area contributed by atoms with Gasteiger partial charge in [0.1, 0.15) is 0 Å². The molecule has 2 aromatic heterocycles. The van der Waals surface area contributed by atoms with Crippen LogP contribution >= 0.6 is 0 Å². The van der Waals surface area contributed by atoms with E-state index < -0.39 is 0 Å². The third-order valence-corrected chi connectivity index (χ3v) is 4.09. The summed E-state index contributed by atoms with van der Waals surface area (Å²) in [5, 5.41) is 0. The Morgan fingerprint density at radius 1 is 0.905 bits per heavy atom. The topological polar surface area (TPSA) is 26.9 Å². The molecule has 1 aliphatic rings. The van der Waals surface area contributed by atoms with Crippen LogP contribution in [0.1, 0.15) is 30.7 Å². The fourth-order valence-corrected chi connectivity index (χ4v) is 2.78. The van der Waals surface area contributed by atoms with Gasteiger partial charge in [0.25, 0.3) is 0 Å². The van der Waals surface area contributed by atoms with E-state index in [2.05, 4.69) is 0 Å². The Morgan fingerprint density at radius 3 is 1.76 bits per heavy atom. The van der Waals surface area contributed by atoms with Gasteiger partial charge in [-0.3, -0.25) is 4.79 Å². The van der Waals surface area contributed by atoms with Crippen LogP contribution in [0, 0.1) is 0 Å². The Morgan fingerprint density at radius 2 is 1.38 bits per heavy atom. The smallest absolute Gasteiger partial charge is 0.185 e. The van der Waals surface area contributed by atoms with Crippen LogP contribution < -0.4 is 0 Å². The van der Waals surface area contributed by atoms with Gasteiger partial charge in [-0.05, 0) is 55.7 Å². The highest BCUT2D eigenvalue weighted by Crippen LogP contribution is 2.28. The minimum Gasteiger partial charge on any atom is -0.351 e. The van der Waals surface area contributed by atoms with Crippen LogP contribution in [0.2, 0.25) is 0 Å². The lowest BCUT2D eigenvalue weighted by Crippen LogP contribution is -2.13. The molecule has 0 radical (unpaired) electrons. The third kappa shape index (κ3) is 2.77. The summed E-state index contributed by atoms with van der Waals surface area (Å²) in [5.74, 6) is 0.198. The van der Waals surface area contributed by atoms with Gasteiger partial charge >= 0.3 is 0 Å². The molecule has 0 amide bonds. The summed E-state index contributed by atoms with van der Waals surface area (Å²) in [6.45, 7) is 0. The molecule has 0 atom stereocenters. The summed E-state index contributed by atoms with van der Waals surface area (Å²) in [6, 6.07) is 8.08. The van der Waals surface area contributed by atoms with Gasteiger partial charge in [-0.15, -0.1) is 0 Å². The zero-order valence-corrected chi connectivity index (χ0v) is 12.5. The van der Waals surface area contributed by atoms with Gasteiger partial charge in [0.2, 0.25) is 0 Å². The fraction of sp³-hybridized carbons (Fsp3) is 0.278. The summed E-state index contributed by atoms with van der Waals surface area (Å²) in [5.41, 5.74) is 4.00. The lowest BCUT2D eigenvalue weighted by Gasteiger charge is -2.16. The maximum absolute atomic E-state index is 12.6. The Labute approximate surface area is 125 Å². The van der Waals surface area contributed by atoms with Gasteiger partial charge in [-0.1, -0.05) is 0 Å². The molecule has 108 valence electrons. The van der Waals surface area contributed by atoms with E-state index in [9.17, 15) is 4.79 Å². The SMILES string of the molecule is Cn1cccc1/C=C1/CCC/C(=C/c2cccn2C)C1=O. The number of ketones is 1. The van der Waals surface area contributed by atoms with Crippen molar-refractivity contribution in [1.29, 1.82) is 0 Å². The van der Waals surface area contributed by atoms with Crippen molar-refractivity contribution in [2.45, 2.75) is 19.3 Å². The van der Waals surface area contributed by atoms with Crippen LogP contribution in [0.3, 0.4) is 0 Å². The number of hydrogen-bond acceptors (Lipinski definition) is 1. The van der Waals surface area contributed by atoms with Crippen LogP contribution in [0.25, 0.3) is 12.2 Å². The number of hydrogen-bond donors (Lipinski definition) is 0. The van der Waals surface area contributed by atoms with E-state index in [1.54, 1.807) is 0 Å². The Hall–Kier alpha value is -2.29. The van der Waals surface area contributed by atoms with Crippen molar-refractivity contribution in [3.05, 3.63) is 59.2 Å². The highest BCUT2D eigenvalue weighted by Gasteiger charge is 2.20. The largest absolute Gasteiger partial charge is 0.351 e. The Kier molecular flexibility index (Phi) is 3.65. The average molecular weight is 280 g/mol. The summed E-state index contributed by atoms with van der Waals surface area (Å²) < 4.78 is 4.07.